The lowest BCUT2D eigenvalue weighted by Gasteiger charge is -2.40. The van der Waals surface area contributed by atoms with Crippen molar-refractivity contribution in [2.75, 3.05) is 60.0 Å². The molecule has 5 rings (SSSR count). The third-order valence-corrected chi connectivity index (χ3v) is 8.53. The molecule has 15 heteroatoms. The van der Waals surface area contributed by atoms with Crippen LogP contribution in [0.4, 0.5) is 22.0 Å². The molecule has 10 nitrogen and oxygen atoms in total. The summed E-state index contributed by atoms with van der Waals surface area (Å²) >= 11 is 0. The van der Waals surface area contributed by atoms with Crippen molar-refractivity contribution in [1.82, 2.24) is 0 Å². The Morgan fingerprint density at radius 3 is 1.70 bits per heavy atom. The first-order valence-electron chi connectivity index (χ1n) is 15.8. The first-order valence-corrected chi connectivity index (χ1v) is 15.8. The normalized spacial score (nSPS) is 16.1. The Bertz CT molecular complexity index is 1600. The summed E-state index contributed by atoms with van der Waals surface area (Å²) in [6.07, 6.45) is -3.19. The van der Waals surface area contributed by atoms with Crippen LogP contribution in [0.15, 0.2) is 54.6 Å². The maximum atomic E-state index is 14.7. The molecule has 2 aliphatic heterocycles. The molecule has 0 radical (unpaired) electrons. The van der Waals surface area contributed by atoms with Gasteiger partial charge in [-0.2, -0.15) is 13.2 Å². The summed E-state index contributed by atoms with van der Waals surface area (Å²) in [6.45, 7) is 6.23. The molecule has 3 aromatic carbocycles. The van der Waals surface area contributed by atoms with Crippen LogP contribution < -0.4 is 23.7 Å². The van der Waals surface area contributed by atoms with E-state index in [1.807, 2.05) is 13.8 Å². The van der Waals surface area contributed by atoms with Crippen LogP contribution in [-0.4, -0.2) is 66.0 Å². The topological polar surface area (TPSA) is 100 Å². The van der Waals surface area contributed by atoms with Gasteiger partial charge in [0.15, 0.2) is 25.2 Å². The molecule has 0 saturated carbocycles. The third kappa shape index (κ3) is 9.33. The van der Waals surface area contributed by atoms with Crippen LogP contribution in [-0.2, 0) is 25.1 Å². The molecule has 2 saturated heterocycles. The maximum Gasteiger partial charge on any atom is 0.420 e. The first-order chi connectivity index (χ1) is 23.9. The lowest BCUT2D eigenvalue weighted by molar-refractivity contribution is -0.162. The number of alkyl halides is 3. The molecule has 0 spiro atoms. The van der Waals surface area contributed by atoms with Crippen LogP contribution in [0.1, 0.15) is 42.6 Å². The van der Waals surface area contributed by atoms with Crippen LogP contribution in [0.3, 0.4) is 0 Å². The Morgan fingerprint density at radius 2 is 1.20 bits per heavy atom. The SMILES string of the molecule is CCC1(COCOc2ccc(OCOc3ccc(OC(=O)c4ccc(OCOCC5(CC)COC5)cc4F)cc3C(F)(F)F)c(F)c2)COC1. The lowest BCUT2D eigenvalue weighted by Crippen LogP contribution is -2.45. The van der Waals surface area contributed by atoms with E-state index in [9.17, 15) is 26.7 Å². The second-order valence-corrected chi connectivity index (χ2v) is 12.1. The fourth-order valence-electron chi connectivity index (χ4n) is 4.97. The predicted octanol–water partition coefficient (Wildman–Crippen LogP) is 7.18. The zero-order chi connectivity index (χ0) is 35.8. The Hall–Kier alpha value is -4.18. The molecule has 0 bridgehead atoms. The maximum absolute atomic E-state index is 14.7. The molecule has 0 atom stereocenters. The quantitative estimate of drug-likeness (QED) is 0.0444. The number of hydrogen-bond donors (Lipinski definition) is 0. The van der Waals surface area contributed by atoms with Gasteiger partial charge in [-0.25, -0.2) is 13.6 Å². The second-order valence-electron chi connectivity index (χ2n) is 12.1. The molecule has 2 aliphatic rings. The van der Waals surface area contributed by atoms with Gasteiger partial charge in [0.1, 0.15) is 34.4 Å². The molecule has 50 heavy (non-hydrogen) atoms. The molecule has 272 valence electrons. The summed E-state index contributed by atoms with van der Waals surface area (Å²) in [5, 5.41) is 0. The predicted molar refractivity (Wildman–Crippen MR) is 165 cm³/mol. The van der Waals surface area contributed by atoms with Gasteiger partial charge in [-0.3, -0.25) is 0 Å². The molecule has 2 heterocycles. The monoisotopic (exact) mass is 712 g/mol. The number of halogens is 5. The van der Waals surface area contributed by atoms with Crippen molar-refractivity contribution in [3.05, 3.63) is 77.4 Å². The summed E-state index contributed by atoms with van der Waals surface area (Å²) in [7, 11) is 0. The zero-order valence-electron chi connectivity index (χ0n) is 27.4. The molecule has 0 amide bonds. The van der Waals surface area contributed by atoms with Gasteiger partial charge in [-0.15, -0.1) is 0 Å². The highest BCUT2D eigenvalue weighted by atomic mass is 19.4. The van der Waals surface area contributed by atoms with E-state index in [4.69, 9.17) is 42.6 Å². The molecule has 0 aromatic heterocycles. The number of esters is 1. The minimum Gasteiger partial charge on any atom is -0.467 e. The van der Waals surface area contributed by atoms with Crippen molar-refractivity contribution >= 4 is 5.97 Å². The molecule has 0 N–H and O–H groups in total. The van der Waals surface area contributed by atoms with Crippen molar-refractivity contribution in [2.24, 2.45) is 10.8 Å². The summed E-state index contributed by atoms with van der Waals surface area (Å²) in [6, 6.07) is 9.43. The third-order valence-electron chi connectivity index (χ3n) is 8.53. The van der Waals surface area contributed by atoms with Gasteiger partial charge in [-0.1, -0.05) is 13.8 Å². The van der Waals surface area contributed by atoms with Crippen molar-refractivity contribution in [1.29, 1.82) is 0 Å². The Balaban J connectivity index is 1.11. The van der Waals surface area contributed by atoms with Gasteiger partial charge in [0.2, 0.25) is 6.79 Å². The van der Waals surface area contributed by atoms with Crippen LogP contribution in [0, 0.1) is 22.5 Å². The van der Waals surface area contributed by atoms with Gasteiger partial charge >= 0.3 is 12.1 Å². The summed E-state index contributed by atoms with van der Waals surface area (Å²) in [5.74, 6) is -4.36. The van der Waals surface area contributed by atoms with Gasteiger partial charge in [-0.05, 0) is 55.3 Å². The van der Waals surface area contributed by atoms with E-state index in [-0.39, 0.29) is 41.7 Å². The summed E-state index contributed by atoms with van der Waals surface area (Å²) in [4.78, 5) is 12.6. The van der Waals surface area contributed by atoms with Crippen LogP contribution in [0.25, 0.3) is 0 Å². The highest BCUT2D eigenvalue weighted by Gasteiger charge is 2.38. The number of hydrogen-bond acceptors (Lipinski definition) is 10. The average Bonchev–Trinajstić information content (AvgIpc) is 3.04. The number of carbonyl (C=O) groups is 1. The standard InChI is InChI=1S/C35H37F5O10/c1-3-33(14-42-15-33)18-44-20-46-23-5-8-26(28(36)12-23)32(41)50-25-7-9-30(27(11-25)35(38,39)40)48-22-49-31-10-6-24(13-29(31)37)47-21-45-19-34(4-2)16-43-17-34/h5-13H,3-4,14-22H2,1-2H3. The molecular weight excluding hydrogens is 675 g/mol. The van der Waals surface area contributed by atoms with E-state index in [0.717, 1.165) is 43.2 Å². The van der Waals surface area contributed by atoms with E-state index < -0.39 is 53.2 Å². The van der Waals surface area contributed by atoms with E-state index in [1.165, 1.54) is 18.2 Å². The average molecular weight is 713 g/mol. The summed E-state index contributed by atoms with van der Waals surface area (Å²) in [5.41, 5.74) is -1.94. The largest absolute Gasteiger partial charge is 0.467 e. The minimum atomic E-state index is -4.94. The number of rotatable bonds is 18. The Morgan fingerprint density at radius 1 is 0.680 bits per heavy atom. The second kappa shape index (κ2) is 16.2. The van der Waals surface area contributed by atoms with Gasteiger partial charge in [0, 0.05) is 23.0 Å². The molecule has 3 aromatic rings. The highest BCUT2D eigenvalue weighted by Crippen LogP contribution is 2.39. The fraction of sp³-hybridized carbons (Fsp3) is 0.457. The molecule has 0 unspecified atom stereocenters. The van der Waals surface area contributed by atoms with E-state index >= 15 is 0 Å². The minimum absolute atomic E-state index is 0.0357. The highest BCUT2D eigenvalue weighted by molar-refractivity contribution is 5.91. The van der Waals surface area contributed by atoms with Gasteiger partial charge in [0.05, 0.1) is 45.2 Å². The molecular formula is C35H37F5O10. The zero-order valence-corrected chi connectivity index (χ0v) is 27.4. The number of ether oxygens (including phenoxy) is 9. The van der Waals surface area contributed by atoms with Gasteiger partial charge < -0.3 is 42.6 Å². The number of carbonyl (C=O) groups excluding carboxylic acids is 1. The van der Waals surface area contributed by atoms with E-state index in [0.29, 0.717) is 45.7 Å². The molecule has 2 fully saturated rings. The van der Waals surface area contributed by atoms with Crippen molar-refractivity contribution < 1.29 is 69.4 Å². The Labute approximate surface area is 285 Å². The van der Waals surface area contributed by atoms with Crippen LogP contribution in [0.5, 0.6) is 28.7 Å². The van der Waals surface area contributed by atoms with Crippen molar-refractivity contribution in [3.63, 3.8) is 0 Å². The van der Waals surface area contributed by atoms with Gasteiger partial charge in [0.25, 0.3) is 0 Å². The number of benzene rings is 3. The van der Waals surface area contributed by atoms with Crippen LogP contribution >= 0.6 is 0 Å². The smallest absolute Gasteiger partial charge is 0.420 e. The van der Waals surface area contributed by atoms with Crippen molar-refractivity contribution in [2.45, 2.75) is 32.9 Å². The summed E-state index contributed by atoms with van der Waals surface area (Å²) < 4.78 is 119. The van der Waals surface area contributed by atoms with E-state index in [1.54, 1.807) is 0 Å². The first kappa shape index (κ1) is 37.1. The fourth-order valence-corrected chi connectivity index (χ4v) is 4.97. The van der Waals surface area contributed by atoms with Crippen LogP contribution in [0.2, 0.25) is 0 Å². The Kier molecular flexibility index (Phi) is 12.0. The molecule has 0 aliphatic carbocycles. The lowest BCUT2D eigenvalue weighted by atomic mass is 9.84. The van der Waals surface area contributed by atoms with Crippen molar-refractivity contribution in [3.8, 4) is 28.7 Å². The van der Waals surface area contributed by atoms with E-state index in [2.05, 4.69) is 0 Å².